The summed E-state index contributed by atoms with van der Waals surface area (Å²) in [5, 5.41) is 11.8. The molecule has 0 N–H and O–H groups in total. The number of hydrogen-bond acceptors (Lipinski definition) is 6. The van der Waals surface area contributed by atoms with Crippen LogP contribution in [0.5, 0.6) is 11.6 Å². The first-order chi connectivity index (χ1) is 13.0. The molecule has 0 saturated carbocycles. The van der Waals surface area contributed by atoms with Crippen LogP contribution in [0.2, 0.25) is 0 Å². The van der Waals surface area contributed by atoms with E-state index in [9.17, 15) is 10.1 Å². The predicted molar refractivity (Wildman–Crippen MR) is 99.3 cm³/mol. The summed E-state index contributed by atoms with van der Waals surface area (Å²) < 4.78 is 7.32. The average molecular weight is 361 g/mol. The second-order valence-electron chi connectivity index (χ2n) is 6.14. The Bertz CT molecular complexity index is 1150. The Balaban J connectivity index is 1.87. The van der Waals surface area contributed by atoms with Crippen molar-refractivity contribution in [1.82, 2.24) is 19.5 Å². The zero-order valence-corrected chi connectivity index (χ0v) is 14.7. The van der Waals surface area contributed by atoms with E-state index in [0.29, 0.717) is 16.8 Å². The fraction of sp³-hybridized carbons (Fsp3) is 0.105. The average Bonchev–Trinajstić information content (AvgIpc) is 3.04. The van der Waals surface area contributed by atoms with Gasteiger partial charge in [-0.25, -0.2) is 9.97 Å². The number of fused-ring (bicyclic) bond motifs is 1. The van der Waals surface area contributed by atoms with Crippen LogP contribution in [-0.2, 0) is 0 Å². The number of nitro groups is 1. The first-order valence-electron chi connectivity index (χ1n) is 8.21. The molecule has 2 aromatic heterocycles. The molecule has 0 atom stereocenters. The minimum Gasteiger partial charge on any atom is -0.434 e. The number of imidazole rings is 1. The zero-order chi connectivity index (χ0) is 19.0. The molecule has 27 heavy (non-hydrogen) atoms. The Labute approximate surface area is 154 Å². The van der Waals surface area contributed by atoms with Gasteiger partial charge in [0.25, 0.3) is 0 Å². The van der Waals surface area contributed by atoms with E-state index in [1.165, 1.54) is 12.7 Å². The largest absolute Gasteiger partial charge is 0.434 e. The van der Waals surface area contributed by atoms with Crippen molar-refractivity contribution in [3.63, 3.8) is 0 Å². The minimum atomic E-state index is -0.540. The summed E-state index contributed by atoms with van der Waals surface area (Å²) in [4.78, 5) is 23.7. The number of rotatable bonds is 4. The van der Waals surface area contributed by atoms with Crippen molar-refractivity contribution in [2.24, 2.45) is 0 Å². The molecule has 0 unspecified atom stereocenters. The van der Waals surface area contributed by atoms with Gasteiger partial charge in [0.1, 0.15) is 18.4 Å². The maximum Gasteiger partial charge on any atom is 0.374 e. The van der Waals surface area contributed by atoms with Gasteiger partial charge in [-0.1, -0.05) is 18.2 Å². The monoisotopic (exact) mass is 361 g/mol. The van der Waals surface area contributed by atoms with E-state index in [-0.39, 0.29) is 17.4 Å². The maximum absolute atomic E-state index is 11.8. The van der Waals surface area contributed by atoms with Crippen LogP contribution in [-0.4, -0.2) is 24.4 Å². The third-order valence-electron chi connectivity index (χ3n) is 4.04. The molecule has 8 heteroatoms. The van der Waals surface area contributed by atoms with Gasteiger partial charge in [0, 0.05) is 0 Å². The summed E-state index contributed by atoms with van der Waals surface area (Å²) in [5.74, 6) is 0.464. The van der Waals surface area contributed by atoms with E-state index in [1.54, 1.807) is 16.7 Å². The van der Waals surface area contributed by atoms with E-state index in [2.05, 4.69) is 15.0 Å². The van der Waals surface area contributed by atoms with Gasteiger partial charge in [0.2, 0.25) is 5.82 Å². The van der Waals surface area contributed by atoms with Gasteiger partial charge in [-0.15, -0.1) is 0 Å². The Kier molecular flexibility index (Phi) is 4.00. The first kappa shape index (κ1) is 16.6. The van der Waals surface area contributed by atoms with Gasteiger partial charge in [0.05, 0.1) is 16.0 Å². The molecule has 0 aliphatic heterocycles. The summed E-state index contributed by atoms with van der Waals surface area (Å²) >= 11 is 0. The summed E-state index contributed by atoms with van der Waals surface area (Å²) in [6, 6.07) is 12.9. The van der Waals surface area contributed by atoms with Gasteiger partial charge in [-0.2, -0.15) is 4.98 Å². The second-order valence-corrected chi connectivity index (χ2v) is 6.14. The molecule has 0 saturated heterocycles. The van der Waals surface area contributed by atoms with Crippen molar-refractivity contribution in [2.45, 2.75) is 13.8 Å². The van der Waals surface area contributed by atoms with Crippen LogP contribution in [0, 0.1) is 24.0 Å². The summed E-state index contributed by atoms with van der Waals surface area (Å²) in [7, 11) is 0. The second kappa shape index (κ2) is 6.49. The normalized spacial score (nSPS) is 10.9. The quantitative estimate of drug-likeness (QED) is 0.400. The topological polar surface area (TPSA) is 96.0 Å². The van der Waals surface area contributed by atoms with Crippen LogP contribution < -0.4 is 4.74 Å². The van der Waals surface area contributed by atoms with E-state index in [4.69, 9.17) is 4.74 Å². The Morgan fingerprint density at radius 3 is 2.52 bits per heavy atom. The Morgan fingerprint density at radius 2 is 1.78 bits per heavy atom. The van der Waals surface area contributed by atoms with Crippen molar-refractivity contribution in [2.75, 3.05) is 0 Å². The summed E-state index contributed by atoms with van der Waals surface area (Å²) in [6.45, 7) is 3.86. The highest BCUT2D eigenvalue weighted by atomic mass is 16.6. The molecule has 0 spiro atoms. The molecule has 0 fully saturated rings. The van der Waals surface area contributed by atoms with E-state index in [0.717, 1.165) is 11.1 Å². The summed E-state index contributed by atoms with van der Waals surface area (Å²) in [5.41, 5.74) is 3.07. The molecule has 0 aliphatic rings. The standard InChI is InChI=1S/C19H15N5O3/c1-12-7-13(2)9-14(8-12)27-19-17(24(25)26)18(20-10-21-19)23-11-22-15-5-3-4-6-16(15)23/h3-11H,1-2H3. The number of nitrogens with zero attached hydrogens (tertiary/aromatic N) is 5. The highest BCUT2D eigenvalue weighted by Gasteiger charge is 2.27. The van der Waals surface area contributed by atoms with Crippen LogP contribution in [0.1, 0.15) is 11.1 Å². The van der Waals surface area contributed by atoms with Crippen molar-refractivity contribution in [1.29, 1.82) is 0 Å². The lowest BCUT2D eigenvalue weighted by atomic mass is 10.1. The first-order valence-corrected chi connectivity index (χ1v) is 8.21. The van der Waals surface area contributed by atoms with E-state index < -0.39 is 4.92 Å². The number of benzene rings is 2. The van der Waals surface area contributed by atoms with E-state index >= 15 is 0 Å². The van der Waals surface area contributed by atoms with Crippen LogP contribution in [0.25, 0.3) is 16.9 Å². The van der Waals surface area contributed by atoms with Crippen molar-refractivity contribution >= 4 is 16.7 Å². The van der Waals surface area contributed by atoms with Gasteiger partial charge in [-0.05, 0) is 49.2 Å². The van der Waals surface area contributed by atoms with Gasteiger partial charge < -0.3 is 4.74 Å². The van der Waals surface area contributed by atoms with Crippen LogP contribution in [0.3, 0.4) is 0 Å². The zero-order valence-electron chi connectivity index (χ0n) is 14.7. The van der Waals surface area contributed by atoms with Crippen LogP contribution >= 0.6 is 0 Å². The molecular formula is C19H15N5O3. The molecule has 134 valence electrons. The fourth-order valence-corrected chi connectivity index (χ4v) is 3.00. The van der Waals surface area contributed by atoms with Gasteiger partial charge in [-0.3, -0.25) is 14.7 Å². The van der Waals surface area contributed by atoms with Crippen molar-refractivity contribution in [3.8, 4) is 17.4 Å². The number of hydrogen-bond donors (Lipinski definition) is 0. The van der Waals surface area contributed by atoms with E-state index in [1.807, 2.05) is 44.2 Å². The predicted octanol–water partition coefficient (Wildman–Crippen LogP) is 4.13. The highest BCUT2D eigenvalue weighted by Crippen LogP contribution is 2.34. The molecule has 2 heterocycles. The lowest BCUT2D eigenvalue weighted by Gasteiger charge is -2.10. The molecule has 0 aliphatic carbocycles. The number of aryl methyl sites for hydroxylation is 2. The Morgan fingerprint density at radius 1 is 1.04 bits per heavy atom. The number of ether oxygens (including phenoxy) is 1. The third kappa shape index (κ3) is 3.08. The maximum atomic E-state index is 11.8. The Hall–Kier alpha value is -3.81. The lowest BCUT2D eigenvalue weighted by Crippen LogP contribution is -2.05. The van der Waals surface area contributed by atoms with Crippen LogP contribution in [0.15, 0.2) is 55.1 Å². The molecule has 8 nitrogen and oxygen atoms in total. The molecule has 4 aromatic rings. The van der Waals surface area contributed by atoms with Crippen molar-refractivity contribution < 1.29 is 9.66 Å². The SMILES string of the molecule is Cc1cc(C)cc(Oc2ncnc(-n3cnc4ccccc43)c2[N+](=O)[O-])c1. The molecular weight excluding hydrogens is 346 g/mol. The molecule has 0 radical (unpaired) electrons. The fourth-order valence-electron chi connectivity index (χ4n) is 3.00. The van der Waals surface area contributed by atoms with Gasteiger partial charge >= 0.3 is 11.6 Å². The number of para-hydroxylation sites is 2. The van der Waals surface area contributed by atoms with Crippen molar-refractivity contribution in [3.05, 3.63) is 76.4 Å². The minimum absolute atomic E-state index is 0.100. The lowest BCUT2D eigenvalue weighted by molar-refractivity contribution is -0.386. The molecule has 4 rings (SSSR count). The molecule has 2 aromatic carbocycles. The smallest absolute Gasteiger partial charge is 0.374 e. The highest BCUT2D eigenvalue weighted by molar-refractivity contribution is 5.78. The third-order valence-corrected chi connectivity index (χ3v) is 4.04. The molecule has 0 amide bonds. The summed E-state index contributed by atoms with van der Waals surface area (Å²) in [6.07, 6.45) is 2.75. The van der Waals surface area contributed by atoms with Crippen LogP contribution in [0.4, 0.5) is 5.69 Å². The molecule has 0 bridgehead atoms. The van der Waals surface area contributed by atoms with Gasteiger partial charge in [0.15, 0.2) is 0 Å². The number of aromatic nitrogens is 4.